The Bertz CT molecular complexity index is 75.6. The predicted molar refractivity (Wildman–Crippen MR) is 28.7 cm³/mol. The third kappa shape index (κ3) is 3.89. The van der Waals surface area contributed by atoms with Crippen LogP contribution in [0.5, 0.6) is 0 Å². The summed E-state index contributed by atoms with van der Waals surface area (Å²) >= 11 is 2.71. The second-order valence-corrected chi connectivity index (χ2v) is 1.59. The first-order valence-corrected chi connectivity index (χ1v) is 2.39. The fourth-order valence-corrected chi connectivity index (χ4v) is 0.395. The number of rotatable bonds is 1. The van der Waals surface area contributed by atoms with Gasteiger partial charge in [0.15, 0.2) is 0 Å². The van der Waals surface area contributed by atoms with Gasteiger partial charge in [0.05, 0.1) is 0 Å². The van der Waals surface area contributed by atoms with Crippen LogP contribution in [0.3, 0.4) is 0 Å². The lowest BCUT2D eigenvalue weighted by Crippen LogP contribution is -1.69. The van der Waals surface area contributed by atoms with Crippen LogP contribution < -0.4 is 0 Å². The summed E-state index contributed by atoms with van der Waals surface area (Å²) in [6, 6.07) is 0. The first kappa shape index (κ1) is 5.89. The van der Waals surface area contributed by atoms with Crippen LogP contribution in [-0.2, 0) is 4.79 Å². The third-order valence-corrected chi connectivity index (χ3v) is 0.562. The lowest BCUT2D eigenvalue weighted by atomic mass is 10.6. The molecular weight excluding hydrogens is 144 g/mol. The molecule has 0 aromatic rings. The minimum absolute atomic E-state index is 0.0787. The third-order valence-electron chi connectivity index (χ3n) is 0.298. The van der Waals surface area contributed by atoms with Crippen LogP contribution in [0.15, 0.2) is 12.2 Å². The van der Waals surface area contributed by atoms with Gasteiger partial charge in [-0.05, 0) is 28.9 Å². The number of hydrogen-bond acceptors (Lipinski definition) is 1. The molecule has 2 heteroatoms. The van der Waals surface area contributed by atoms with Gasteiger partial charge in [0.1, 0.15) is 0 Å². The molecule has 0 saturated heterocycles. The summed E-state index contributed by atoms with van der Waals surface area (Å²) < 4.78 is -0.0787. The Morgan fingerprint density at radius 2 is 2.33 bits per heavy atom. The molecule has 0 aliphatic rings. The van der Waals surface area contributed by atoms with Crippen molar-refractivity contribution < 1.29 is 4.79 Å². The maximum absolute atomic E-state index is 9.87. The zero-order chi connectivity index (χ0) is 4.99. The highest BCUT2D eigenvalue weighted by atomic mass is 79.9. The van der Waals surface area contributed by atoms with Crippen molar-refractivity contribution in [3.05, 3.63) is 12.2 Å². The number of halogens is 1. The highest BCUT2D eigenvalue weighted by Crippen LogP contribution is 1.83. The zero-order valence-corrected chi connectivity index (χ0v) is 5.03. The van der Waals surface area contributed by atoms with Gasteiger partial charge in [0.2, 0.25) is 4.69 Å². The van der Waals surface area contributed by atoms with E-state index >= 15 is 0 Å². The molecule has 34 valence electrons. The van der Waals surface area contributed by atoms with Crippen molar-refractivity contribution in [1.82, 2.24) is 0 Å². The first-order valence-electron chi connectivity index (χ1n) is 1.59. The summed E-state index contributed by atoms with van der Waals surface area (Å²) in [5.41, 5.74) is 0. The summed E-state index contributed by atoms with van der Waals surface area (Å²) in [5.74, 6) is 0. The molecule has 6 heavy (non-hydrogen) atoms. The van der Waals surface area contributed by atoms with Gasteiger partial charge < -0.3 is 0 Å². The smallest absolute Gasteiger partial charge is 0.220 e. The van der Waals surface area contributed by atoms with Gasteiger partial charge in [-0.15, -0.1) is 0 Å². The Balaban J connectivity index is 3.30. The Labute approximate surface area is 45.2 Å². The first-order chi connectivity index (χ1) is 2.77. The molecule has 0 aromatic carbocycles. The summed E-state index contributed by atoms with van der Waals surface area (Å²) in [6.07, 6.45) is 3.12. The van der Waals surface area contributed by atoms with Gasteiger partial charge in [0, 0.05) is 0 Å². The molecule has 0 atom stereocenters. The molecule has 1 nitrogen and oxygen atoms in total. The van der Waals surface area contributed by atoms with Crippen molar-refractivity contribution in [2.24, 2.45) is 0 Å². The van der Waals surface area contributed by atoms with E-state index in [1.807, 2.05) is 0 Å². The SMILES string of the molecule is C/C=C\C(=O)Br. The zero-order valence-electron chi connectivity index (χ0n) is 3.44. The lowest BCUT2D eigenvalue weighted by molar-refractivity contribution is -0.106. The number of allylic oxidation sites excluding steroid dienone is 2. The monoisotopic (exact) mass is 148 g/mol. The minimum atomic E-state index is -0.0787. The quantitative estimate of drug-likeness (QED) is 0.407. The van der Waals surface area contributed by atoms with Crippen molar-refractivity contribution in [2.45, 2.75) is 6.92 Å². The molecule has 0 heterocycles. The van der Waals surface area contributed by atoms with Crippen LogP contribution >= 0.6 is 15.9 Å². The summed E-state index contributed by atoms with van der Waals surface area (Å²) in [5, 5.41) is 0. The normalized spacial score (nSPS) is 9.67. The summed E-state index contributed by atoms with van der Waals surface area (Å²) in [6.45, 7) is 1.79. The van der Waals surface area contributed by atoms with Crippen molar-refractivity contribution in [1.29, 1.82) is 0 Å². The fourth-order valence-electron chi connectivity index (χ4n) is 0.131. The average molecular weight is 149 g/mol. The van der Waals surface area contributed by atoms with Crippen molar-refractivity contribution >= 4 is 20.6 Å². The summed E-state index contributed by atoms with van der Waals surface area (Å²) in [7, 11) is 0. The fraction of sp³-hybridized carbons (Fsp3) is 0.250. The molecule has 0 saturated carbocycles. The average Bonchev–Trinajstić information content (AvgIpc) is 1.35. The Morgan fingerprint density at radius 1 is 1.83 bits per heavy atom. The minimum Gasteiger partial charge on any atom is -0.282 e. The van der Waals surface area contributed by atoms with Crippen LogP contribution in [0.1, 0.15) is 6.92 Å². The van der Waals surface area contributed by atoms with E-state index in [1.54, 1.807) is 13.0 Å². The lowest BCUT2D eigenvalue weighted by Gasteiger charge is -1.65. The van der Waals surface area contributed by atoms with Crippen LogP contribution in [-0.4, -0.2) is 4.69 Å². The van der Waals surface area contributed by atoms with Crippen LogP contribution in [0, 0.1) is 0 Å². The number of hydrogen-bond donors (Lipinski definition) is 0. The molecule has 0 unspecified atom stereocenters. The van der Waals surface area contributed by atoms with Crippen molar-refractivity contribution in [3.63, 3.8) is 0 Å². The van der Waals surface area contributed by atoms with Gasteiger partial charge in [-0.3, -0.25) is 4.79 Å². The van der Waals surface area contributed by atoms with Gasteiger partial charge in [0.25, 0.3) is 0 Å². The number of carbonyl (C=O) groups excluding carboxylic acids is 1. The van der Waals surface area contributed by atoms with Gasteiger partial charge in [-0.25, -0.2) is 0 Å². The van der Waals surface area contributed by atoms with Gasteiger partial charge in [-0.1, -0.05) is 6.08 Å². The molecule has 0 aromatic heterocycles. The Kier molecular flexibility index (Phi) is 3.04. The molecule has 0 fully saturated rings. The van der Waals surface area contributed by atoms with E-state index in [4.69, 9.17) is 0 Å². The van der Waals surface area contributed by atoms with E-state index in [-0.39, 0.29) is 4.69 Å². The predicted octanol–water partition coefficient (Wildman–Crippen LogP) is 1.48. The van der Waals surface area contributed by atoms with Crippen LogP contribution in [0.2, 0.25) is 0 Å². The second kappa shape index (κ2) is 3.09. The maximum Gasteiger partial charge on any atom is 0.220 e. The molecule has 0 aliphatic carbocycles. The largest absolute Gasteiger partial charge is 0.282 e. The molecule has 0 N–H and O–H groups in total. The highest BCUT2D eigenvalue weighted by Gasteiger charge is 1.76. The molecule has 0 radical (unpaired) electrons. The molecule has 0 amide bonds. The van der Waals surface area contributed by atoms with E-state index in [9.17, 15) is 4.79 Å². The topological polar surface area (TPSA) is 17.1 Å². The van der Waals surface area contributed by atoms with Crippen LogP contribution in [0.4, 0.5) is 0 Å². The Hall–Kier alpha value is -0.110. The van der Waals surface area contributed by atoms with E-state index in [2.05, 4.69) is 15.9 Å². The Morgan fingerprint density at radius 3 is 2.33 bits per heavy atom. The molecule has 0 rings (SSSR count). The highest BCUT2D eigenvalue weighted by molar-refractivity contribution is 9.18. The molecular formula is C4H5BrO. The second-order valence-electron chi connectivity index (χ2n) is 0.804. The van der Waals surface area contributed by atoms with Crippen molar-refractivity contribution in [3.8, 4) is 0 Å². The van der Waals surface area contributed by atoms with Crippen LogP contribution in [0.25, 0.3) is 0 Å². The molecule has 0 bridgehead atoms. The molecule has 0 spiro atoms. The van der Waals surface area contributed by atoms with E-state index in [1.165, 1.54) is 6.08 Å². The van der Waals surface area contributed by atoms with E-state index < -0.39 is 0 Å². The van der Waals surface area contributed by atoms with Crippen molar-refractivity contribution in [2.75, 3.05) is 0 Å². The van der Waals surface area contributed by atoms with E-state index in [0.29, 0.717) is 0 Å². The molecule has 0 aliphatic heterocycles. The van der Waals surface area contributed by atoms with Gasteiger partial charge in [-0.2, -0.15) is 0 Å². The van der Waals surface area contributed by atoms with E-state index in [0.717, 1.165) is 0 Å². The maximum atomic E-state index is 9.87. The van der Waals surface area contributed by atoms with Gasteiger partial charge >= 0.3 is 0 Å². The standard InChI is InChI=1S/C4H5BrO/c1-2-3-4(5)6/h2-3H,1H3/b3-2-. The summed E-state index contributed by atoms with van der Waals surface area (Å²) in [4.78, 5) is 9.87. The number of carbonyl (C=O) groups is 1.